The molecule has 0 aromatic heterocycles. The Balaban J connectivity index is 2.49. The minimum Gasteiger partial charge on any atom is -0.444 e. The summed E-state index contributed by atoms with van der Waals surface area (Å²) in [4.78, 5) is 25.2. The zero-order chi connectivity index (χ0) is 24.2. The number of alkyl carbamates (subject to hydrolysis) is 1. The molecular formula is C22H19F5N2O3. The lowest BCUT2D eigenvalue weighted by molar-refractivity contribution is -0.121. The number of ketones is 1. The van der Waals surface area contributed by atoms with E-state index < -0.39 is 64.1 Å². The van der Waals surface area contributed by atoms with Gasteiger partial charge in [0.25, 0.3) is 0 Å². The van der Waals surface area contributed by atoms with Crippen LogP contribution in [0, 0.1) is 40.4 Å². The van der Waals surface area contributed by atoms with Gasteiger partial charge in [0, 0.05) is 0 Å². The number of carbonyl (C=O) groups is 2. The second kappa shape index (κ2) is 9.77. The molecule has 2 aromatic carbocycles. The molecule has 1 amide bonds. The number of amides is 1. The molecule has 10 heteroatoms. The van der Waals surface area contributed by atoms with Gasteiger partial charge in [-0.25, -0.2) is 26.7 Å². The van der Waals surface area contributed by atoms with E-state index in [9.17, 15) is 36.8 Å². The highest BCUT2D eigenvalue weighted by Crippen LogP contribution is 2.30. The molecule has 0 aliphatic heterocycles. The predicted octanol–water partition coefficient (Wildman–Crippen LogP) is 4.69. The van der Waals surface area contributed by atoms with Crippen LogP contribution in [0.5, 0.6) is 0 Å². The minimum absolute atomic E-state index is 0.230. The molecule has 170 valence electrons. The number of Topliss-reactive ketones (excluding diaryl/α,β-unsaturated/α-hetero) is 1. The maximum atomic E-state index is 14.2. The van der Waals surface area contributed by atoms with Crippen molar-refractivity contribution in [2.24, 2.45) is 0 Å². The van der Waals surface area contributed by atoms with E-state index >= 15 is 0 Å². The lowest BCUT2D eigenvalue weighted by Crippen LogP contribution is -2.46. The van der Waals surface area contributed by atoms with Crippen molar-refractivity contribution in [3.63, 3.8) is 0 Å². The van der Waals surface area contributed by atoms with E-state index in [1.807, 2.05) is 0 Å². The van der Waals surface area contributed by atoms with Gasteiger partial charge in [0.1, 0.15) is 11.5 Å². The number of nitrogens with one attached hydrogen (secondary N) is 1. The highest BCUT2D eigenvalue weighted by atomic mass is 19.2. The first kappa shape index (κ1) is 24.8. The quantitative estimate of drug-likeness (QED) is 0.390. The molecule has 0 aliphatic rings. The van der Waals surface area contributed by atoms with Crippen LogP contribution in [-0.4, -0.2) is 23.5 Å². The largest absolute Gasteiger partial charge is 0.444 e. The Kier molecular flexibility index (Phi) is 7.56. The first-order valence-electron chi connectivity index (χ1n) is 9.35. The van der Waals surface area contributed by atoms with Crippen LogP contribution in [0.2, 0.25) is 0 Å². The molecule has 0 bridgehead atoms. The smallest absolute Gasteiger partial charge is 0.408 e. The van der Waals surface area contributed by atoms with E-state index in [0.29, 0.717) is 5.56 Å². The molecule has 2 atom stereocenters. The van der Waals surface area contributed by atoms with Crippen molar-refractivity contribution >= 4 is 11.9 Å². The van der Waals surface area contributed by atoms with E-state index in [4.69, 9.17) is 4.74 Å². The van der Waals surface area contributed by atoms with E-state index in [1.54, 1.807) is 51.1 Å². The summed E-state index contributed by atoms with van der Waals surface area (Å²) in [6.45, 7) is 4.65. The van der Waals surface area contributed by atoms with Gasteiger partial charge in [-0.05, 0) is 32.8 Å². The fourth-order valence-corrected chi connectivity index (χ4v) is 2.87. The number of halogens is 5. The van der Waals surface area contributed by atoms with Crippen molar-refractivity contribution in [2.75, 3.05) is 0 Å². The van der Waals surface area contributed by atoms with Gasteiger partial charge < -0.3 is 10.1 Å². The molecule has 0 saturated heterocycles. The van der Waals surface area contributed by atoms with Gasteiger partial charge in [0.15, 0.2) is 29.1 Å². The number of nitrogens with zero attached hydrogens (tertiary/aromatic N) is 1. The van der Waals surface area contributed by atoms with Gasteiger partial charge in [-0.15, -0.1) is 0 Å². The van der Waals surface area contributed by atoms with E-state index in [2.05, 4.69) is 5.32 Å². The molecule has 32 heavy (non-hydrogen) atoms. The monoisotopic (exact) mass is 454 g/mol. The van der Waals surface area contributed by atoms with Gasteiger partial charge in [-0.2, -0.15) is 5.26 Å². The predicted molar refractivity (Wildman–Crippen MR) is 103 cm³/mol. The molecule has 0 saturated carbocycles. The number of benzene rings is 2. The molecule has 1 N–H and O–H groups in total. The van der Waals surface area contributed by atoms with Crippen LogP contribution >= 0.6 is 0 Å². The lowest BCUT2D eigenvalue weighted by Gasteiger charge is -2.24. The third-order valence-corrected chi connectivity index (χ3v) is 4.26. The van der Waals surface area contributed by atoms with Crippen LogP contribution in [0.3, 0.4) is 0 Å². The summed E-state index contributed by atoms with van der Waals surface area (Å²) in [5.41, 5.74) is -2.05. The summed E-state index contributed by atoms with van der Waals surface area (Å²) < 4.78 is 74.2. The fourth-order valence-electron chi connectivity index (χ4n) is 2.87. The van der Waals surface area contributed by atoms with E-state index in [-0.39, 0.29) is 6.42 Å². The SMILES string of the molecule is CC(C)(C)OC(=O)NC(Cc1ccccc1)C(=O)C(C#N)c1c(F)c(F)c(F)c(F)c1F. The third kappa shape index (κ3) is 5.60. The normalized spacial score (nSPS) is 13.1. The highest BCUT2D eigenvalue weighted by molar-refractivity contribution is 5.95. The zero-order valence-corrected chi connectivity index (χ0v) is 17.3. The molecule has 5 nitrogen and oxygen atoms in total. The third-order valence-electron chi connectivity index (χ3n) is 4.26. The molecular weight excluding hydrogens is 435 g/mol. The molecule has 0 radical (unpaired) electrons. The second-order valence-electron chi connectivity index (χ2n) is 7.84. The van der Waals surface area contributed by atoms with Gasteiger partial charge in [-0.3, -0.25) is 4.79 Å². The average molecular weight is 454 g/mol. The molecule has 0 spiro atoms. The Morgan fingerprint density at radius 3 is 1.94 bits per heavy atom. The van der Waals surface area contributed by atoms with Crippen LogP contribution < -0.4 is 5.32 Å². The van der Waals surface area contributed by atoms with Crippen molar-refractivity contribution in [1.29, 1.82) is 5.26 Å². The number of hydrogen-bond acceptors (Lipinski definition) is 4. The Morgan fingerprint density at radius 1 is 0.969 bits per heavy atom. The minimum atomic E-state index is -2.42. The van der Waals surface area contributed by atoms with Gasteiger partial charge in [-0.1, -0.05) is 30.3 Å². The maximum absolute atomic E-state index is 14.2. The molecule has 2 aromatic rings. The lowest BCUT2D eigenvalue weighted by atomic mass is 9.88. The molecule has 0 aliphatic carbocycles. The van der Waals surface area contributed by atoms with Crippen LogP contribution in [0.4, 0.5) is 26.7 Å². The van der Waals surface area contributed by atoms with Crippen molar-refractivity contribution in [2.45, 2.75) is 44.8 Å². The molecule has 0 heterocycles. The molecule has 2 rings (SSSR count). The van der Waals surface area contributed by atoms with Crippen molar-refractivity contribution in [3.8, 4) is 6.07 Å². The number of ether oxygens (including phenoxy) is 1. The summed E-state index contributed by atoms with van der Waals surface area (Å²) in [6.07, 6.45) is -1.30. The summed E-state index contributed by atoms with van der Waals surface area (Å²) in [6, 6.07) is 7.80. The fraction of sp³-hybridized carbons (Fsp3) is 0.318. The second-order valence-corrected chi connectivity index (χ2v) is 7.84. The van der Waals surface area contributed by atoms with Gasteiger partial charge in [0.05, 0.1) is 17.7 Å². The number of rotatable bonds is 6. The van der Waals surface area contributed by atoms with Gasteiger partial charge >= 0.3 is 6.09 Å². The number of hydrogen-bond donors (Lipinski definition) is 1. The Morgan fingerprint density at radius 2 is 1.47 bits per heavy atom. The average Bonchev–Trinajstić information content (AvgIpc) is 2.72. The zero-order valence-electron chi connectivity index (χ0n) is 17.3. The summed E-state index contributed by atoms with van der Waals surface area (Å²) in [7, 11) is 0. The first-order chi connectivity index (χ1) is 14.9. The van der Waals surface area contributed by atoms with Crippen molar-refractivity contribution in [1.82, 2.24) is 5.32 Å². The van der Waals surface area contributed by atoms with Crippen LogP contribution in [0.25, 0.3) is 0 Å². The van der Waals surface area contributed by atoms with E-state index in [1.165, 1.54) is 6.07 Å². The standard InChI is InChI=1S/C22H19F5N2O3/c1-22(2,3)32-21(31)29-13(9-11-7-5-4-6-8-11)20(30)12(10-28)14-15(23)17(25)19(27)18(26)16(14)24/h4-8,12-13H,9H2,1-3H3,(H,29,31). The van der Waals surface area contributed by atoms with Crippen molar-refractivity contribution in [3.05, 3.63) is 70.5 Å². The summed E-state index contributed by atoms with van der Waals surface area (Å²) in [5, 5.41) is 11.6. The Hall–Kier alpha value is -3.48. The number of carbonyl (C=O) groups excluding carboxylic acids is 2. The maximum Gasteiger partial charge on any atom is 0.408 e. The number of nitriles is 1. The molecule has 2 unspecified atom stereocenters. The van der Waals surface area contributed by atoms with Crippen LogP contribution in [0.15, 0.2) is 30.3 Å². The van der Waals surface area contributed by atoms with E-state index in [0.717, 1.165) is 0 Å². The Bertz CT molecular complexity index is 1030. The first-order valence-corrected chi connectivity index (χ1v) is 9.35. The summed E-state index contributed by atoms with van der Waals surface area (Å²) in [5.74, 6) is -15.2. The topological polar surface area (TPSA) is 79.2 Å². The highest BCUT2D eigenvalue weighted by Gasteiger charge is 2.38. The van der Waals surface area contributed by atoms with Gasteiger partial charge in [0.2, 0.25) is 5.82 Å². The van der Waals surface area contributed by atoms with Crippen LogP contribution in [-0.2, 0) is 16.0 Å². The summed E-state index contributed by atoms with van der Waals surface area (Å²) >= 11 is 0. The molecule has 0 fully saturated rings. The Labute approximate surface area is 180 Å². The van der Waals surface area contributed by atoms with Crippen molar-refractivity contribution < 1.29 is 36.3 Å². The van der Waals surface area contributed by atoms with Crippen LogP contribution in [0.1, 0.15) is 37.8 Å².